The van der Waals surface area contributed by atoms with Crippen LogP contribution in [0.25, 0.3) is 0 Å². The standard InChI is InChI=1S/C9H14O4/c1-6(2)9(10)12-5-8-4-11-7(3)13-8/h7-8H,1,4-5H2,2-3H3/t7?,8-/m1/s1. The van der Waals surface area contributed by atoms with Gasteiger partial charge in [0.25, 0.3) is 0 Å². The number of hydrogen-bond donors (Lipinski definition) is 0. The van der Waals surface area contributed by atoms with Crippen molar-refractivity contribution in [2.45, 2.75) is 26.2 Å². The zero-order valence-corrected chi connectivity index (χ0v) is 7.91. The Bertz CT molecular complexity index is 212. The smallest absolute Gasteiger partial charge is 0.333 e. The first kappa shape index (κ1) is 10.2. The van der Waals surface area contributed by atoms with Crippen LogP contribution in [0.15, 0.2) is 12.2 Å². The van der Waals surface area contributed by atoms with Crippen LogP contribution in [-0.4, -0.2) is 31.6 Å². The summed E-state index contributed by atoms with van der Waals surface area (Å²) < 4.78 is 15.3. The van der Waals surface area contributed by atoms with Crippen molar-refractivity contribution < 1.29 is 19.0 Å². The molecule has 1 heterocycles. The Morgan fingerprint density at radius 1 is 1.69 bits per heavy atom. The van der Waals surface area contributed by atoms with Gasteiger partial charge in [-0.05, 0) is 13.8 Å². The molecule has 0 aromatic rings. The fraction of sp³-hybridized carbons (Fsp3) is 0.667. The van der Waals surface area contributed by atoms with Gasteiger partial charge in [-0.1, -0.05) is 6.58 Å². The molecule has 0 bridgehead atoms. The van der Waals surface area contributed by atoms with E-state index in [4.69, 9.17) is 14.2 Å². The van der Waals surface area contributed by atoms with Gasteiger partial charge < -0.3 is 14.2 Å². The second-order valence-electron chi connectivity index (χ2n) is 3.04. The van der Waals surface area contributed by atoms with E-state index in [2.05, 4.69) is 6.58 Å². The van der Waals surface area contributed by atoms with Crippen LogP contribution in [0.2, 0.25) is 0 Å². The molecule has 0 aliphatic carbocycles. The molecule has 0 amide bonds. The summed E-state index contributed by atoms with van der Waals surface area (Å²) >= 11 is 0. The molecule has 0 spiro atoms. The summed E-state index contributed by atoms with van der Waals surface area (Å²) in [5.41, 5.74) is 0.395. The van der Waals surface area contributed by atoms with Crippen molar-refractivity contribution in [3.05, 3.63) is 12.2 Å². The SMILES string of the molecule is C=C(C)C(=O)OC[C@H]1COC(C)O1. The highest BCUT2D eigenvalue weighted by atomic mass is 16.7. The molecule has 74 valence electrons. The topological polar surface area (TPSA) is 44.8 Å². The van der Waals surface area contributed by atoms with Gasteiger partial charge >= 0.3 is 5.97 Å². The Morgan fingerprint density at radius 3 is 2.85 bits per heavy atom. The fourth-order valence-electron chi connectivity index (χ4n) is 0.972. The van der Waals surface area contributed by atoms with Gasteiger partial charge in [-0.15, -0.1) is 0 Å². The Kier molecular flexibility index (Phi) is 3.45. The van der Waals surface area contributed by atoms with E-state index in [-0.39, 0.29) is 25.0 Å². The molecular formula is C9H14O4. The van der Waals surface area contributed by atoms with Gasteiger partial charge in [-0.3, -0.25) is 0 Å². The first-order valence-corrected chi connectivity index (χ1v) is 4.19. The molecule has 1 aliphatic rings. The van der Waals surface area contributed by atoms with Crippen LogP contribution >= 0.6 is 0 Å². The summed E-state index contributed by atoms with van der Waals surface area (Å²) in [5.74, 6) is -0.386. The van der Waals surface area contributed by atoms with E-state index in [9.17, 15) is 4.79 Å². The highest BCUT2D eigenvalue weighted by molar-refractivity contribution is 5.86. The lowest BCUT2D eigenvalue weighted by Gasteiger charge is -2.09. The van der Waals surface area contributed by atoms with E-state index < -0.39 is 0 Å². The van der Waals surface area contributed by atoms with Crippen molar-refractivity contribution in [3.8, 4) is 0 Å². The molecule has 2 atom stereocenters. The molecule has 0 radical (unpaired) electrons. The molecule has 1 fully saturated rings. The van der Waals surface area contributed by atoms with Crippen molar-refractivity contribution in [1.29, 1.82) is 0 Å². The highest BCUT2D eigenvalue weighted by Gasteiger charge is 2.23. The van der Waals surface area contributed by atoms with E-state index in [0.717, 1.165) is 0 Å². The van der Waals surface area contributed by atoms with Crippen LogP contribution in [0.3, 0.4) is 0 Å². The average molecular weight is 186 g/mol. The summed E-state index contributed by atoms with van der Waals surface area (Å²) in [5, 5.41) is 0. The maximum atomic E-state index is 11.0. The molecule has 0 N–H and O–H groups in total. The van der Waals surface area contributed by atoms with Gasteiger partial charge in [0.05, 0.1) is 6.61 Å². The molecule has 1 rings (SSSR count). The number of rotatable bonds is 3. The molecule has 13 heavy (non-hydrogen) atoms. The molecule has 1 unspecified atom stereocenters. The Hall–Kier alpha value is -0.870. The molecule has 0 saturated carbocycles. The lowest BCUT2D eigenvalue weighted by Crippen LogP contribution is -2.21. The van der Waals surface area contributed by atoms with Gasteiger partial charge in [-0.2, -0.15) is 0 Å². The molecule has 4 nitrogen and oxygen atoms in total. The lowest BCUT2D eigenvalue weighted by molar-refractivity contribution is -0.143. The van der Waals surface area contributed by atoms with Crippen LogP contribution in [-0.2, 0) is 19.0 Å². The third-order valence-corrected chi connectivity index (χ3v) is 1.65. The summed E-state index contributed by atoms with van der Waals surface area (Å²) in [6, 6.07) is 0. The second-order valence-corrected chi connectivity index (χ2v) is 3.04. The quantitative estimate of drug-likeness (QED) is 0.484. The molecule has 1 aliphatic heterocycles. The number of carbonyl (C=O) groups excluding carboxylic acids is 1. The normalized spacial score (nSPS) is 27.2. The van der Waals surface area contributed by atoms with Gasteiger partial charge in [0.15, 0.2) is 6.29 Å². The third kappa shape index (κ3) is 3.16. The van der Waals surface area contributed by atoms with Crippen LogP contribution in [0.1, 0.15) is 13.8 Å². The molecular weight excluding hydrogens is 172 g/mol. The van der Waals surface area contributed by atoms with Crippen molar-refractivity contribution in [2.75, 3.05) is 13.2 Å². The first-order chi connectivity index (χ1) is 6.09. The van der Waals surface area contributed by atoms with Crippen LogP contribution < -0.4 is 0 Å². The fourth-order valence-corrected chi connectivity index (χ4v) is 0.972. The highest BCUT2D eigenvalue weighted by Crippen LogP contribution is 2.11. The number of ether oxygens (including phenoxy) is 3. The Labute approximate surface area is 77.5 Å². The van der Waals surface area contributed by atoms with Crippen molar-refractivity contribution in [1.82, 2.24) is 0 Å². The van der Waals surface area contributed by atoms with Crippen LogP contribution in [0.4, 0.5) is 0 Å². The van der Waals surface area contributed by atoms with Gasteiger partial charge in [0.2, 0.25) is 0 Å². The predicted molar refractivity (Wildman–Crippen MR) is 46.1 cm³/mol. The van der Waals surface area contributed by atoms with Gasteiger partial charge in [0.1, 0.15) is 12.7 Å². The number of esters is 1. The van der Waals surface area contributed by atoms with Gasteiger partial charge in [0, 0.05) is 5.57 Å². The largest absolute Gasteiger partial charge is 0.459 e. The maximum Gasteiger partial charge on any atom is 0.333 e. The van der Waals surface area contributed by atoms with Crippen molar-refractivity contribution in [2.24, 2.45) is 0 Å². The zero-order chi connectivity index (χ0) is 9.84. The summed E-state index contributed by atoms with van der Waals surface area (Å²) in [6.45, 7) is 7.59. The van der Waals surface area contributed by atoms with Crippen LogP contribution in [0.5, 0.6) is 0 Å². The average Bonchev–Trinajstić information content (AvgIpc) is 2.47. The molecule has 1 saturated heterocycles. The summed E-state index contributed by atoms with van der Waals surface area (Å²) in [4.78, 5) is 11.0. The van der Waals surface area contributed by atoms with Gasteiger partial charge in [-0.25, -0.2) is 4.79 Å². The minimum Gasteiger partial charge on any atom is -0.459 e. The van der Waals surface area contributed by atoms with E-state index >= 15 is 0 Å². The van der Waals surface area contributed by atoms with Crippen LogP contribution in [0, 0.1) is 0 Å². The monoisotopic (exact) mass is 186 g/mol. The minimum atomic E-state index is -0.386. The third-order valence-electron chi connectivity index (χ3n) is 1.65. The van der Waals surface area contributed by atoms with E-state index in [1.807, 2.05) is 0 Å². The van der Waals surface area contributed by atoms with E-state index in [0.29, 0.717) is 12.2 Å². The second kappa shape index (κ2) is 4.39. The Morgan fingerprint density at radius 2 is 2.38 bits per heavy atom. The summed E-state index contributed by atoms with van der Waals surface area (Å²) in [7, 11) is 0. The lowest BCUT2D eigenvalue weighted by atomic mass is 10.3. The molecule has 4 heteroatoms. The van der Waals surface area contributed by atoms with E-state index in [1.165, 1.54) is 0 Å². The predicted octanol–water partition coefficient (Wildman–Crippen LogP) is 0.867. The summed E-state index contributed by atoms with van der Waals surface area (Å²) in [6.07, 6.45) is -0.341. The first-order valence-electron chi connectivity index (χ1n) is 4.19. The van der Waals surface area contributed by atoms with E-state index in [1.54, 1.807) is 13.8 Å². The molecule has 0 aromatic carbocycles. The number of carbonyl (C=O) groups is 1. The minimum absolute atomic E-state index is 0.140. The van der Waals surface area contributed by atoms with Crippen molar-refractivity contribution in [3.63, 3.8) is 0 Å². The molecule has 0 aromatic heterocycles. The zero-order valence-electron chi connectivity index (χ0n) is 7.91. The van der Waals surface area contributed by atoms with Crippen molar-refractivity contribution >= 4 is 5.97 Å². The Balaban J connectivity index is 2.20. The maximum absolute atomic E-state index is 11.0. The number of hydrogen-bond acceptors (Lipinski definition) is 4.